The minimum atomic E-state index is 0.203. The summed E-state index contributed by atoms with van der Waals surface area (Å²) in [7, 11) is 1.97. The molecule has 1 aromatic rings. The molecule has 2 atom stereocenters. The second-order valence-electron chi connectivity index (χ2n) is 4.64. The Morgan fingerprint density at radius 3 is 2.59 bits per heavy atom. The van der Waals surface area contributed by atoms with Crippen molar-refractivity contribution in [2.75, 3.05) is 13.7 Å². The van der Waals surface area contributed by atoms with Gasteiger partial charge in [-0.2, -0.15) is 5.10 Å². The Morgan fingerprint density at radius 1 is 1.41 bits per heavy atom. The number of hydrogen-bond acceptors (Lipinski definition) is 3. The Kier molecular flexibility index (Phi) is 5.65. The minimum absolute atomic E-state index is 0.203. The van der Waals surface area contributed by atoms with E-state index in [2.05, 4.69) is 37.3 Å². The zero-order chi connectivity index (χ0) is 12.8. The molecule has 0 aliphatic heterocycles. The zero-order valence-electron chi connectivity index (χ0n) is 11.6. The fourth-order valence-corrected chi connectivity index (χ4v) is 1.88. The van der Waals surface area contributed by atoms with Gasteiger partial charge in [-0.25, -0.2) is 0 Å². The van der Waals surface area contributed by atoms with Crippen molar-refractivity contribution in [3.8, 4) is 0 Å². The van der Waals surface area contributed by atoms with E-state index in [1.165, 1.54) is 0 Å². The molecule has 0 radical (unpaired) electrons. The molecule has 0 amide bonds. The van der Waals surface area contributed by atoms with Crippen molar-refractivity contribution in [2.24, 2.45) is 0 Å². The Balaban J connectivity index is 2.60. The van der Waals surface area contributed by atoms with Crippen LogP contribution < -0.4 is 5.32 Å². The van der Waals surface area contributed by atoms with E-state index >= 15 is 0 Å². The molecule has 0 aromatic carbocycles. The molecule has 0 saturated heterocycles. The molecule has 4 nitrogen and oxygen atoms in total. The lowest BCUT2D eigenvalue weighted by Gasteiger charge is -2.22. The van der Waals surface area contributed by atoms with Gasteiger partial charge in [0.2, 0.25) is 0 Å². The molecule has 0 spiro atoms. The van der Waals surface area contributed by atoms with Crippen molar-refractivity contribution < 1.29 is 4.74 Å². The number of aromatic nitrogens is 2. The second kappa shape index (κ2) is 6.77. The van der Waals surface area contributed by atoms with Crippen molar-refractivity contribution in [3.63, 3.8) is 0 Å². The molecule has 98 valence electrons. The molecule has 0 aliphatic carbocycles. The highest BCUT2D eigenvalue weighted by atomic mass is 16.5. The third-order valence-corrected chi connectivity index (χ3v) is 2.99. The topological polar surface area (TPSA) is 39.1 Å². The van der Waals surface area contributed by atoms with Gasteiger partial charge in [-0.15, -0.1) is 0 Å². The molecule has 2 unspecified atom stereocenters. The fourth-order valence-electron chi connectivity index (χ4n) is 1.88. The second-order valence-corrected chi connectivity index (χ2v) is 4.64. The van der Waals surface area contributed by atoms with Gasteiger partial charge in [-0.1, -0.05) is 0 Å². The summed E-state index contributed by atoms with van der Waals surface area (Å²) in [6.45, 7) is 9.14. The largest absolute Gasteiger partial charge is 0.377 e. The van der Waals surface area contributed by atoms with Gasteiger partial charge in [0.05, 0.1) is 11.8 Å². The molecule has 17 heavy (non-hydrogen) atoms. The fraction of sp³-hybridized carbons (Fsp3) is 0.769. The van der Waals surface area contributed by atoms with Crippen LogP contribution in [0.3, 0.4) is 0 Å². The van der Waals surface area contributed by atoms with Gasteiger partial charge in [0.1, 0.15) is 0 Å². The van der Waals surface area contributed by atoms with E-state index in [0.717, 1.165) is 18.7 Å². The molecule has 0 bridgehead atoms. The van der Waals surface area contributed by atoms with Gasteiger partial charge in [-0.3, -0.25) is 4.68 Å². The number of likely N-dealkylation sites (N-methyl/N-ethyl adjacent to an activating group) is 1. The van der Waals surface area contributed by atoms with Crippen molar-refractivity contribution >= 4 is 0 Å². The van der Waals surface area contributed by atoms with E-state index in [1.807, 2.05) is 24.9 Å². The minimum Gasteiger partial charge on any atom is -0.377 e. The summed E-state index contributed by atoms with van der Waals surface area (Å²) in [6.07, 6.45) is 3.14. The van der Waals surface area contributed by atoms with Crippen LogP contribution in [0.5, 0.6) is 0 Å². The van der Waals surface area contributed by atoms with Crippen LogP contribution in [0.15, 0.2) is 12.3 Å². The first kappa shape index (κ1) is 14.2. The lowest BCUT2D eigenvalue weighted by Crippen LogP contribution is -2.39. The summed E-state index contributed by atoms with van der Waals surface area (Å²) in [4.78, 5) is 0. The molecule has 0 fully saturated rings. The average molecular weight is 239 g/mol. The highest BCUT2D eigenvalue weighted by molar-refractivity contribution is 5.03. The number of hydrogen-bond donors (Lipinski definition) is 1. The summed E-state index contributed by atoms with van der Waals surface area (Å²) in [5.74, 6) is 0. The number of ether oxygens (including phenoxy) is 1. The van der Waals surface area contributed by atoms with E-state index in [1.54, 1.807) is 0 Å². The molecular weight excluding hydrogens is 214 g/mol. The van der Waals surface area contributed by atoms with Crippen LogP contribution in [-0.4, -0.2) is 35.6 Å². The van der Waals surface area contributed by atoms with E-state index in [4.69, 9.17) is 4.74 Å². The van der Waals surface area contributed by atoms with Crippen LogP contribution in [-0.2, 0) is 11.2 Å². The molecule has 1 rings (SSSR count). The lowest BCUT2D eigenvalue weighted by atomic mass is 10.1. The summed E-state index contributed by atoms with van der Waals surface area (Å²) in [5, 5.41) is 7.86. The van der Waals surface area contributed by atoms with Gasteiger partial charge in [-0.05, 0) is 40.8 Å². The summed E-state index contributed by atoms with van der Waals surface area (Å²) in [6, 6.07) is 2.81. The summed E-state index contributed by atoms with van der Waals surface area (Å²) in [5.41, 5.74) is 1.12. The maximum Gasteiger partial charge on any atom is 0.0703 e. The Labute approximate surface area is 104 Å². The van der Waals surface area contributed by atoms with Crippen LogP contribution in [0.2, 0.25) is 0 Å². The third kappa shape index (κ3) is 4.13. The monoisotopic (exact) mass is 239 g/mol. The summed E-state index contributed by atoms with van der Waals surface area (Å²) >= 11 is 0. The Bertz CT molecular complexity index is 322. The highest BCUT2D eigenvalue weighted by Gasteiger charge is 2.17. The molecule has 0 saturated carbocycles. The molecule has 4 heteroatoms. The smallest absolute Gasteiger partial charge is 0.0703 e. The lowest BCUT2D eigenvalue weighted by molar-refractivity contribution is 0.0494. The van der Waals surface area contributed by atoms with Gasteiger partial charge < -0.3 is 10.1 Å². The molecule has 1 heterocycles. The van der Waals surface area contributed by atoms with Crippen LogP contribution >= 0.6 is 0 Å². The van der Waals surface area contributed by atoms with Gasteiger partial charge >= 0.3 is 0 Å². The van der Waals surface area contributed by atoms with Gasteiger partial charge in [0, 0.05) is 31.3 Å². The molecule has 0 aliphatic rings. The first-order chi connectivity index (χ1) is 8.08. The maximum atomic E-state index is 5.62. The Morgan fingerprint density at radius 2 is 2.12 bits per heavy atom. The van der Waals surface area contributed by atoms with Crippen LogP contribution in [0, 0.1) is 0 Å². The zero-order valence-corrected chi connectivity index (χ0v) is 11.6. The molecular formula is C13H25N3O. The average Bonchev–Trinajstić information content (AvgIpc) is 2.74. The maximum absolute atomic E-state index is 5.62. The van der Waals surface area contributed by atoms with E-state index < -0.39 is 0 Å². The molecule has 1 aromatic heterocycles. The van der Waals surface area contributed by atoms with Crippen molar-refractivity contribution in [1.29, 1.82) is 0 Å². The molecule has 1 N–H and O–H groups in total. The van der Waals surface area contributed by atoms with Crippen molar-refractivity contribution in [3.05, 3.63) is 18.0 Å². The number of rotatable bonds is 7. The SMILES string of the molecule is CCOC(C)C(Cc1ccn(C(C)C)n1)NC. The standard InChI is InChI=1S/C13H25N3O/c1-6-17-11(4)13(14-5)9-12-7-8-16(15-12)10(2)3/h7-8,10-11,13-14H,6,9H2,1-5H3. The normalized spacial score (nSPS) is 15.2. The van der Waals surface area contributed by atoms with E-state index in [9.17, 15) is 0 Å². The van der Waals surface area contributed by atoms with Gasteiger partial charge in [0.25, 0.3) is 0 Å². The van der Waals surface area contributed by atoms with E-state index in [-0.39, 0.29) is 6.10 Å². The third-order valence-electron chi connectivity index (χ3n) is 2.99. The van der Waals surface area contributed by atoms with Gasteiger partial charge in [0.15, 0.2) is 0 Å². The predicted molar refractivity (Wildman–Crippen MR) is 70.3 cm³/mol. The van der Waals surface area contributed by atoms with Crippen LogP contribution in [0.1, 0.15) is 39.4 Å². The first-order valence-electron chi connectivity index (χ1n) is 6.41. The van der Waals surface area contributed by atoms with E-state index in [0.29, 0.717) is 12.1 Å². The quantitative estimate of drug-likeness (QED) is 0.791. The number of nitrogens with zero attached hydrogens (tertiary/aromatic N) is 2. The van der Waals surface area contributed by atoms with Crippen molar-refractivity contribution in [1.82, 2.24) is 15.1 Å². The van der Waals surface area contributed by atoms with Crippen molar-refractivity contribution in [2.45, 2.75) is 52.3 Å². The van der Waals surface area contributed by atoms with Crippen LogP contribution in [0.4, 0.5) is 0 Å². The highest BCUT2D eigenvalue weighted by Crippen LogP contribution is 2.09. The van der Waals surface area contributed by atoms with Crippen LogP contribution in [0.25, 0.3) is 0 Å². The predicted octanol–water partition coefficient (Wildman–Crippen LogP) is 2.02. The first-order valence-corrected chi connectivity index (χ1v) is 6.41. The number of nitrogens with one attached hydrogen (secondary N) is 1. The Hall–Kier alpha value is -0.870. The summed E-state index contributed by atoms with van der Waals surface area (Å²) < 4.78 is 7.62.